The number of hydrogen-bond donors (Lipinski definition) is 5. The van der Waals surface area contributed by atoms with Gasteiger partial charge in [-0.25, -0.2) is 0 Å². The van der Waals surface area contributed by atoms with E-state index in [1.807, 2.05) is 71.1 Å². The van der Waals surface area contributed by atoms with Crippen molar-refractivity contribution in [3.05, 3.63) is 108 Å². The number of rotatable bonds is 5. The smallest absolute Gasteiger partial charge is 0.286 e. The maximum Gasteiger partial charge on any atom is 0.286 e. The van der Waals surface area contributed by atoms with Crippen LogP contribution in [0.3, 0.4) is 0 Å². The molecule has 10 atom stereocenters. The topological polar surface area (TPSA) is 168 Å². The lowest BCUT2D eigenvalue weighted by Gasteiger charge is -2.42. The molecule has 51 heavy (non-hydrogen) atoms. The van der Waals surface area contributed by atoms with E-state index in [1.54, 1.807) is 49.5 Å². The van der Waals surface area contributed by atoms with Crippen LogP contribution in [-0.2, 0) is 28.5 Å². The molecule has 11 heteroatoms. The summed E-state index contributed by atoms with van der Waals surface area (Å²) >= 11 is 0. The van der Waals surface area contributed by atoms with Crippen molar-refractivity contribution in [3.63, 3.8) is 0 Å². The third-order valence-corrected chi connectivity index (χ3v) is 8.87. The molecule has 11 nitrogen and oxygen atoms in total. The number of carbonyl (C=O) groups is 1. The van der Waals surface area contributed by atoms with Crippen molar-refractivity contribution in [2.75, 3.05) is 13.7 Å². The van der Waals surface area contributed by atoms with Gasteiger partial charge in [0, 0.05) is 12.1 Å². The molecule has 3 aliphatic rings. The van der Waals surface area contributed by atoms with Gasteiger partial charge in [-0.3, -0.25) is 4.79 Å². The first-order chi connectivity index (χ1) is 24.2. The molecule has 0 saturated carbocycles. The maximum atomic E-state index is 12.8. The van der Waals surface area contributed by atoms with Crippen LogP contribution in [-0.4, -0.2) is 90.6 Å². The lowest BCUT2D eigenvalue weighted by atomic mass is 9.96. The lowest BCUT2D eigenvalue weighted by Crippen LogP contribution is -2.61. The Morgan fingerprint density at radius 1 is 0.941 bits per heavy atom. The van der Waals surface area contributed by atoms with E-state index in [4.69, 9.17) is 35.2 Å². The molecule has 2 saturated heterocycles. The summed E-state index contributed by atoms with van der Waals surface area (Å²) < 4.78 is 29.5. The van der Waals surface area contributed by atoms with Crippen LogP contribution in [0.5, 0.6) is 0 Å². The molecule has 0 aromatic carbocycles. The second-order valence-electron chi connectivity index (χ2n) is 13.7. The normalized spacial score (nSPS) is 35.2. The number of carbonyl (C=O) groups excluding carboxylic acids is 1. The van der Waals surface area contributed by atoms with Gasteiger partial charge in [0.2, 0.25) is 0 Å². The third-order valence-electron chi connectivity index (χ3n) is 8.87. The van der Waals surface area contributed by atoms with Gasteiger partial charge in [-0.15, -0.1) is 0 Å². The Hall–Kier alpha value is -3.39. The van der Waals surface area contributed by atoms with Crippen LogP contribution in [0.4, 0.5) is 0 Å². The van der Waals surface area contributed by atoms with Gasteiger partial charge in [0.1, 0.15) is 23.9 Å². The average Bonchev–Trinajstić information content (AvgIpc) is 3.08. The molecule has 2 fully saturated rings. The number of hydrogen-bond acceptors (Lipinski definition) is 10. The number of aliphatic hydroxyl groups excluding tert-OH is 1. The number of nitrogens with two attached hydrogens (primary N) is 2. The van der Waals surface area contributed by atoms with Gasteiger partial charge in [0.25, 0.3) is 5.91 Å². The third kappa shape index (κ3) is 13.9. The first-order valence-corrected chi connectivity index (χ1v) is 17.7. The number of allylic oxidation sites excluding steroid dienone is 14. The van der Waals surface area contributed by atoms with E-state index in [2.05, 4.69) is 11.4 Å². The summed E-state index contributed by atoms with van der Waals surface area (Å²) in [4.78, 5) is 12.8. The molecule has 3 aliphatic heterocycles. The van der Waals surface area contributed by atoms with E-state index in [0.717, 1.165) is 23.1 Å². The van der Waals surface area contributed by atoms with Gasteiger partial charge in [-0.2, -0.15) is 0 Å². The number of ether oxygens (including phenoxy) is 5. The van der Waals surface area contributed by atoms with E-state index in [0.29, 0.717) is 12.8 Å². The molecule has 1 amide bonds. The highest BCUT2D eigenvalue weighted by Gasteiger charge is 2.43. The maximum absolute atomic E-state index is 12.8. The van der Waals surface area contributed by atoms with E-state index in [1.165, 1.54) is 7.11 Å². The standard InChI is InChI=1S/C40H59N3O8/c1-26-14-10-11-18-34(51-39-36(42)37(44)33(25-48-39)50-35-22-21-31(41)30(5)49-35)40(6,46)23-12-8-9-15-28(3)24-32(47-7)38(45)43-29(4)20-19-27(2)17-13-16-26/h8-19,23-24,29-31,33-37,39,44,46H,20-22,25,41-42H2,1-7H3,(H,43,45). The fraction of sp³-hybridized carbons (Fsp3) is 0.525. The van der Waals surface area contributed by atoms with Crippen LogP contribution in [0, 0.1) is 0 Å². The minimum Gasteiger partial charge on any atom is -0.491 e. The van der Waals surface area contributed by atoms with Crippen molar-refractivity contribution in [1.29, 1.82) is 0 Å². The molecular weight excluding hydrogens is 650 g/mol. The van der Waals surface area contributed by atoms with E-state index < -0.39 is 42.5 Å². The van der Waals surface area contributed by atoms with Gasteiger partial charge in [-0.1, -0.05) is 90.1 Å². The Morgan fingerprint density at radius 3 is 2.39 bits per heavy atom. The highest BCUT2D eigenvalue weighted by Crippen LogP contribution is 2.27. The molecule has 7 N–H and O–H groups in total. The molecular formula is C40H59N3O8. The van der Waals surface area contributed by atoms with Crippen LogP contribution in [0.1, 0.15) is 60.8 Å². The molecule has 0 bridgehead atoms. The minimum atomic E-state index is -1.51. The quantitative estimate of drug-likeness (QED) is 0.275. The summed E-state index contributed by atoms with van der Waals surface area (Å²) in [6.45, 7) is 11.3. The Kier molecular flexibility index (Phi) is 17.0. The van der Waals surface area contributed by atoms with Gasteiger partial charge >= 0.3 is 0 Å². The highest BCUT2D eigenvalue weighted by atomic mass is 16.7. The predicted molar refractivity (Wildman–Crippen MR) is 200 cm³/mol. The largest absolute Gasteiger partial charge is 0.491 e. The lowest BCUT2D eigenvalue weighted by molar-refractivity contribution is -0.291. The summed E-state index contributed by atoms with van der Waals surface area (Å²) in [7, 11) is 1.47. The molecule has 10 unspecified atom stereocenters. The van der Waals surface area contributed by atoms with E-state index >= 15 is 0 Å². The Bertz CT molecular complexity index is 1420. The Morgan fingerprint density at radius 2 is 1.67 bits per heavy atom. The minimum absolute atomic E-state index is 0.0225. The fourth-order valence-corrected chi connectivity index (χ4v) is 5.50. The fourth-order valence-electron chi connectivity index (χ4n) is 5.50. The first kappa shape index (κ1) is 42.0. The van der Waals surface area contributed by atoms with Crippen LogP contribution in [0.2, 0.25) is 0 Å². The number of nitrogens with one attached hydrogen (secondary N) is 1. The molecule has 0 aromatic heterocycles. The Balaban J connectivity index is 1.83. The zero-order chi connectivity index (χ0) is 37.6. The summed E-state index contributed by atoms with van der Waals surface area (Å²) in [5, 5.41) is 25.7. The molecule has 0 aromatic rings. The van der Waals surface area contributed by atoms with E-state index in [-0.39, 0.29) is 36.5 Å². The van der Waals surface area contributed by atoms with Crippen LogP contribution in [0.25, 0.3) is 0 Å². The zero-order valence-corrected chi connectivity index (χ0v) is 31.1. The summed E-state index contributed by atoms with van der Waals surface area (Å²) in [5.74, 6) is -0.0979. The second kappa shape index (κ2) is 20.6. The molecule has 0 aliphatic carbocycles. The summed E-state index contributed by atoms with van der Waals surface area (Å²) in [5.41, 5.74) is 13.8. The van der Waals surface area contributed by atoms with Crippen molar-refractivity contribution in [2.45, 2.75) is 122 Å². The number of methoxy groups -OCH3 is 1. The van der Waals surface area contributed by atoms with Crippen molar-refractivity contribution >= 4 is 5.91 Å². The van der Waals surface area contributed by atoms with Crippen LogP contribution < -0.4 is 16.8 Å². The van der Waals surface area contributed by atoms with Gasteiger partial charge < -0.3 is 50.7 Å². The monoisotopic (exact) mass is 709 g/mol. The van der Waals surface area contributed by atoms with Gasteiger partial charge in [-0.05, 0) is 72.5 Å². The van der Waals surface area contributed by atoms with Crippen molar-refractivity contribution in [1.82, 2.24) is 5.32 Å². The van der Waals surface area contributed by atoms with Crippen molar-refractivity contribution in [2.24, 2.45) is 11.5 Å². The zero-order valence-electron chi connectivity index (χ0n) is 31.1. The summed E-state index contributed by atoms with van der Waals surface area (Å²) in [6, 6.07) is -1.11. The molecule has 0 radical (unpaired) electrons. The molecule has 282 valence electrons. The first-order valence-electron chi connectivity index (χ1n) is 17.7. The number of amides is 1. The van der Waals surface area contributed by atoms with Crippen LogP contribution >= 0.6 is 0 Å². The second-order valence-corrected chi connectivity index (χ2v) is 13.7. The average molecular weight is 710 g/mol. The number of aliphatic hydroxyl groups is 2. The Labute approximate surface area is 303 Å². The van der Waals surface area contributed by atoms with Gasteiger partial charge in [0.05, 0.1) is 25.9 Å². The molecule has 0 spiro atoms. The van der Waals surface area contributed by atoms with Crippen LogP contribution in [0.15, 0.2) is 108 Å². The van der Waals surface area contributed by atoms with Gasteiger partial charge in [0.15, 0.2) is 18.3 Å². The van der Waals surface area contributed by atoms with Crippen molar-refractivity contribution in [3.8, 4) is 0 Å². The SMILES string of the molecule is COC1=CC(C)=CC=CC=CC(C)(O)C(OC2OCC(OC3CCC(N)C(C)O3)C(O)C2N)C=CC=CC(C)=CC=CC(C)=CCC(C)NC1=O. The predicted octanol–water partition coefficient (Wildman–Crippen LogP) is 4.46. The van der Waals surface area contributed by atoms with E-state index in [9.17, 15) is 15.0 Å². The van der Waals surface area contributed by atoms with Crippen molar-refractivity contribution < 1.29 is 38.7 Å². The summed E-state index contributed by atoms with van der Waals surface area (Å²) in [6.07, 6.45) is 23.2. The molecule has 3 heterocycles. The highest BCUT2D eigenvalue weighted by molar-refractivity contribution is 5.92. The molecule has 3 rings (SSSR count).